The minimum atomic E-state index is -0.891. The molecule has 1 saturated carbocycles. The van der Waals surface area contributed by atoms with Crippen molar-refractivity contribution in [2.24, 2.45) is 11.7 Å². The third kappa shape index (κ3) is 2.88. The molecule has 8 nitrogen and oxygen atoms in total. The van der Waals surface area contributed by atoms with E-state index in [1.54, 1.807) is 0 Å². The standard InChI is InChI=1S/C19H24N4O4S/c1-10-5-2-3-8-19(10)17(26)23(18(27)22-19)9-13(24)21-16-14(15(20)25)11-6-4-7-12(11)28-16/h10H,2-9H2,1H3,(H2,20,25)(H,21,24)(H,22,27)/t10-,19-/m1/s1. The predicted molar refractivity (Wildman–Crippen MR) is 104 cm³/mol. The van der Waals surface area contributed by atoms with E-state index in [2.05, 4.69) is 10.6 Å². The SMILES string of the molecule is C[C@@H]1CCCC[C@@]12NC(=O)N(CC(=O)Nc1sc3c(c1C(N)=O)CCC3)C2=O. The van der Waals surface area contributed by atoms with E-state index in [9.17, 15) is 19.2 Å². The van der Waals surface area contributed by atoms with Crippen molar-refractivity contribution in [3.05, 3.63) is 16.0 Å². The van der Waals surface area contributed by atoms with Gasteiger partial charge in [-0.2, -0.15) is 0 Å². The quantitative estimate of drug-likeness (QED) is 0.662. The van der Waals surface area contributed by atoms with Crippen LogP contribution in [0.4, 0.5) is 9.80 Å². The number of amides is 5. The molecule has 1 aliphatic heterocycles. The topological polar surface area (TPSA) is 122 Å². The van der Waals surface area contributed by atoms with E-state index >= 15 is 0 Å². The molecule has 2 aliphatic carbocycles. The number of carbonyl (C=O) groups excluding carboxylic acids is 4. The Labute approximate surface area is 166 Å². The van der Waals surface area contributed by atoms with Gasteiger partial charge in [0.05, 0.1) is 5.56 Å². The number of thiophene rings is 1. The fourth-order valence-corrected chi connectivity index (χ4v) is 6.01. The van der Waals surface area contributed by atoms with Gasteiger partial charge in [0.1, 0.15) is 17.1 Å². The minimum absolute atomic E-state index is 0.0347. The number of fused-ring (bicyclic) bond motifs is 1. The lowest BCUT2D eigenvalue weighted by Crippen LogP contribution is -2.54. The molecule has 0 unspecified atom stereocenters. The summed E-state index contributed by atoms with van der Waals surface area (Å²) in [5.41, 5.74) is 5.90. The van der Waals surface area contributed by atoms with Crippen LogP contribution < -0.4 is 16.4 Å². The zero-order valence-electron chi connectivity index (χ0n) is 15.8. The van der Waals surface area contributed by atoms with Crippen molar-refractivity contribution in [2.45, 2.75) is 57.4 Å². The van der Waals surface area contributed by atoms with Crippen molar-refractivity contribution in [3.8, 4) is 0 Å². The van der Waals surface area contributed by atoms with Crippen LogP contribution in [0.3, 0.4) is 0 Å². The van der Waals surface area contributed by atoms with Crippen molar-refractivity contribution >= 4 is 40.1 Å². The Morgan fingerprint density at radius 3 is 2.79 bits per heavy atom. The molecule has 2 atom stereocenters. The zero-order valence-corrected chi connectivity index (χ0v) is 16.6. The molecular formula is C19H24N4O4S. The second-order valence-corrected chi connectivity index (χ2v) is 9.02. The first-order valence-corrected chi connectivity index (χ1v) is 10.5. The summed E-state index contributed by atoms with van der Waals surface area (Å²) in [4.78, 5) is 51.9. The highest BCUT2D eigenvalue weighted by Gasteiger charge is 2.55. The van der Waals surface area contributed by atoms with Crippen molar-refractivity contribution in [2.75, 3.05) is 11.9 Å². The summed E-state index contributed by atoms with van der Waals surface area (Å²) in [7, 11) is 0. The van der Waals surface area contributed by atoms with Crippen LogP contribution >= 0.6 is 11.3 Å². The first kappa shape index (κ1) is 18.9. The molecule has 1 spiro atoms. The van der Waals surface area contributed by atoms with E-state index in [0.717, 1.165) is 53.9 Å². The average Bonchev–Trinajstić information content (AvgIpc) is 3.26. The van der Waals surface area contributed by atoms with Crippen LogP contribution in [-0.4, -0.2) is 40.7 Å². The number of anilines is 1. The summed E-state index contributed by atoms with van der Waals surface area (Å²) < 4.78 is 0. The zero-order chi connectivity index (χ0) is 20.1. The molecule has 2 heterocycles. The third-order valence-electron chi connectivity index (χ3n) is 6.22. The number of primary amides is 1. The fraction of sp³-hybridized carbons (Fsp3) is 0.579. The van der Waals surface area contributed by atoms with Crippen molar-refractivity contribution < 1.29 is 19.2 Å². The van der Waals surface area contributed by atoms with E-state index in [-0.39, 0.29) is 18.4 Å². The summed E-state index contributed by atoms with van der Waals surface area (Å²) >= 11 is 1.35. The van der Waals surface area contributed by atoms with E-state index in [4.69, 9.17) is 5.73 Å². The largest absolute Gasteiger partial charge is 0.365 e. The van der Waals surface area contributed by atoms with Gasteiger partial charge in [-0.25, -0.2) is 4.79 Å². The molecule has 9 heteroatoms. The van der Waals surface area contributed by atoms with Crippen LogP contribution in [-0.2, 0) is 22.4 Å². The van der Waals surface area contributed by atoms with Crippen LogP contribution in [0.25, 0.3) is 0 Å². The monoisotopic (exact) mass is 404 g/mol. The number of imide groups is 1. The van der Waals surface area contributed by atoms with Crippen LogP contribution in [0.15, 0.2) is 0 Å². The van der Waals surface area contributed by atoms with Crippen LogP contribution in [0, 0.1) is 5.92 Å². The highest BCUT2D eigenvalue weighted by Crippen LogP contribution is 2.40. The molecular weight excluding hydrogens is 380 g/mol. The fourth-order valence-electron chi connectivity index (χ4n) is 4.70. The van der Waals surface area contributed by atoms with E-state index in [0.29, 0.717) is 17.0 Å². The van der Waals surface area contributed by atoms with Gasteiger partial charge in [-0.15, -0.1) is 11.3 Å². The first-order valence-electron chi connectivity index (χ1n) is 9.72. The summed E-state index contributed by atoms with van der Waals surface area (Å²) in [6.45, 7) is 1.59. The van der Waals surface area contributed by atoms with Crippen molar-refractivity contribution in [1.29, 1.82) is 0 Å². The highest BCUT2D eigenvalue weighted by molar-refractivity contribution is 7.17. The number of nitrogens with two attached hydrogens (primary N) is 1. The summed E-state index contributed by atoms with van der Waals surface area (Å²) in [6.07, 6.45) is 5.98. The minimum Gasteiger partial charge on any atom is -0.365 e. The van der Waals surface area contributed by atoms with Crippen LogP contribution in [0.1, 0.15) is 59.8 Å². The Balaban J connectivity index is 1.50. The molecule has 5 amide bonds. The number of rotatable bonds is 4. The molecule has 1 saturated heterocycles. The molecule has 150 valence electrons. The number of carbonyl (C=O) groups is 4. The van der Waals surface area contributed by atoms with Gasteiger partial charge in [-0.05, 0) is 43.6 Å². The molecule has 28 heavy (non-hydrogen) atoms. The smallest absolute Gasteiger partial charge is 0.325 e. The van der Waals surface area contributed by atoms with Gasteiger partial charge in [0.2, 0.25) is 5.91 Å². The molecule has 1 aromatic rings. The van der Waals surface area contributed by atoms with Gasteiger partial charge in [-0.1, -0.05) is 19.8 Å². The molecule has 0 bridgehead atoms. The Morgan fingerprint density at radius 2 is 2.07 bits per heavy atom. The number of hydrogen-bond donors (Lipinski definition) is 3. The molecule has 1 aromatic heterocycles. The number of aryl methyl sites for hydroxylation is 1. The van der Waals surface area contributed by atoms with Gasteiger partial charge in [0.25, 0.3) is 11.8 Å². The number of hydrogen-bond acceptors (Lipinski definition) is 5. The normalized spacial score (nSPS) is 26.5. The summed E-state index contributed by atoms with van der Waals surface area (Å²) in [5, 5.41) is 5.94. The molecule has 4 rings (SSSR count). The van der Waals surface area contributed by atoms with Crippen molar-refractivity contribution in [3.63, 3.8) is 0 Å². The summed E-state index contributed by atoms with van der Waals surface area (Å²) in [5.74, 6) is -1.37. The van der Waals surface area contributed by atoms with Crippen LogP contribution in [0.2, 0.25) is 0 Å². The van der Waals surface area contributed by atoms with Gasteiger partial charge in [-0.3, -0.25) is 19.3 Å². The Bertz CT molecular complexity index is 880. The lowest BCUT2D eigenvalue weighted by atomic mass is 9.73. The molecule has 2 fully saturated rings. The van der Waals surface area contributed by atoms with E-state index < -0.39 is 23.4 Å². The molecule has 0 radical (unpaired) electrons. The van der Waals surface area contributed by atoms with Crippen LogP contribution in [0.5, 0.6) is 0 Å². The maximum Gasteiger partial charge on any atom is 0.325 e. The van der Waals surface area contributed by atoms with Gasteiger partial charge >= 0.3 is 6.03 Å². The predicted octanol–water partition coefficient (Wildman–Crippen LogP) is 1.77. The second-order valence-electron chi connectivity index (χ2n) is 7.91. The third-order valence-corrected chi connectivity index (χ3v) is 7.43. The van der Waals surface area contributed by atoms with E-state index in [1.165, 1.54) is 11.3 Å². The Kier molecular flexibility index (Phi) is 4.65. The molecule has 3 aliphatic rings. The first-order chi connectivity index (χ1) is 13.3. The van der Waals surface area contributed by atoms with E-state index in [1.807, 2.05) is 6.92 Å². The van der Waals surface area contributed by atoms with Gasteiger partial charge < -0.3 is 16.4 Å². The lowest BCUT2D eigenvalue weighted by molar-refractivity contribution is -0.136. The maximum atomic E-state index is 13.0. The van der Waals surface area contributed by atoms with Gasteiger partial charge in [0, 0.05) is 4.88 Å². The number of nitrogens with zero attached hydrogens (tertiary/aromatic N) is 1. The number of urea groups is 1. The maximum absolute atomic E-state index is 13.0. The second kappa shape index (κ2) is 6.88. The van der Waals surface area contributed by atoms with Gasteiger partial charge in [0.15, 0.2) is 0 Å². The molecule has 0 aromatic carbocycles. The van der Waals surface area contributed by atoms with Crippen molar-refractivity contribution in [1.82, 2.24) is 10.2 Å². The number of nitrogens with one attached hydrogen (secondary N) is 2. The molecule has 4 N–H and O–H groups in total. The Hall–Kier alpha value is -2.42. The highest BCUT2D eigenvalue weighted by atomic mass is 32.1. The summed E-state index contributed by atoms with van der Waals surface area (Å²) in [6, 6.07) is -0.530. The Morgan fingerprint density at radius 1 is 1.29 bits per heavy atom. The lowest BCUT2D eigenvalue weighted by Gasteiger charge is -2.36. The average molecular weight is 404 g/mol.